The maximum atomic E-state index is 12.8. The van der Waals surface area contributed by atoms with E-state index in [2.05, 4.69) is 15.7 Å². The summed E-state index contributed by atoms with van der Waals surface area (Å²) in [5, 5.41) is 11.7. The number of aryl methyl sites for hydroxylation is 1. The lowest BCUT2D eigenvalue weighted by atomic mass is 10.2. The molecule has 2 aromatic carbocycles. The monoisotopic (exact) mass is 438 g/mol. The molecule has 0 aliphatic carbocycles. The van der Waals surface area contributed by atoms with Gasteiger partial charge in [0.15, 0.2) is 0 Å². The summed E-state index contributed by atoms with van der Waals surface area (Å²) in [6, 6.07) is 16.3. The Morgan fingerprint density at radius 1 is 1.10 bits per heavy atom. The summed E-state index contributed by atoms with van der Waals surface area (Å²) in [6.45, 7) is 2.53. The number of anilines is 1. The molecule has 0 aliphatic rings. The van der Waals surface area contributed by atoms with Crippen LogP contribution in [0.25, 0.3) is 10.2 Å². The lowest BCUT2D eigenvalue weighted by Gasteiger charge is -2.06. The predicted octanol–water partition coefficient (Wildman–Crippen LogP) is 4.72. The fourth-order valence-corrected chi connectivity index (χ4v) is 4.35. The van der Waals surface area contributed by atoms with Crippen molar-refractivity contribution in [2.24, 2.45) is 0 Å². The topological polar surface area (TPSA) is 76.0 Å². The number of rotatable bonds is 5. The van der Waals surface area contributed by atoms with E-state index in [0.717, 1.165) is 21.5 Å². The van der Waals surface area contributed by atoms with Gasteiger partial charge in [-0.2, -0.15) is 5.10 Å². The van der Waals surface area contributed by atoms with E-state index >= 15 is 0 Å². The molecule has 6 nitrogen and oxygen atoms in total. The quantitative estimate of drug-likeness (QED) is 0.473. The fourth-order valence-electron chi connectivity index (χ4n) is 3.17. The van der Waals surface area contributed by atoms with Crippen molar-refractivity contribution < 1.29 is 9.59 Å². The number of benzene rings is 2. The summed E-state index contributed by atoms with van der Waals surface area (Å²) < 4.78 is 1.90. The van der Waals surface area contributed by atoms with Crippen LogP contribution >= 0.6 is 22.9 Å². The Balaban J connectivity index is 1.58. The van der Waals surface area contributed by atoms with Crippen LogP contribution in [0.1, 0.15) is 31.3 Å². The van der Waals surface area contributed by atoms with Crippen LogP contribution in [0, 0.1) is 6.92 Å². The second kappa shape index (κ2) is 8.30. The Bertz CT molecular complexity index is 1240. The smallest absolute Gasteiger partial charge is 0.265 e. The van der Waals surface area contributed by atoms with Crippen molar-refractivity contribution in [3.63, 3.8) is 0 Å². The van der Waals surface area contributed by atoms with Crippen molar-refractivity contribution in [2.75, 3.05) is 12.4 Å². The first-order valence-corrected chi connectivity index (χ1v) is 10.5. The van der Waals surface area contributed by atoms with Gasteiger partial charge in [0.1, 0.15) is 4.83 Å². The first-order chi connectivity index (χ1) is 14.4. The van der Waals surface area contributed by atoms with E-state index in [-0.39, 0.29) is 11.8 Å². The minimum atomic E-state index is -0.220. The largest absolute Gasteiger partial charge is 0.355 e. The van der Waals surface area contributed by atoms with Crippen molar-refractivity contribution in [1.82, 2.24) is 15.1 Å². The molecule has 30 heavy (non-hydrogen) atoms. The standard InChI is InChI=1S/C22H19ClN4O2S/c1-13-18-11-19(21(29)25-17-5-3-4-15(10-17)20(28)24-2)30-22(18)27(26-13)12-14-6-8-16(23)9-7-14/h3-11H,12H2,1-2H3,(H,24,28)(H,25,29). The van der Waals surface area contributed by atoms with Crippen LogP contribution in [-0.4, -0.2) is 28.6 Å². The van der Waals surface area contributed by atoms with Gasteiger partial charge in [0.2, 0.25) is 0 Å². The van der Waals surface area contributed by atoms with E-state index in [9.17, 15) is 9.59 Å². The molecule has 8 heteroatoms. The van der Waals surface area contributed by atoms with Gasteiger partial charge >= 0.3 is 0 Å². The van der Waals surface area contributed by atoms with Crippen LogP contribution in [0.2, 0.25) is 5.02 Å². The molecule has 0 fully saturated rings. The number of hydrogen-bond donors (Lipinski definition) is 2. The number of fused-ring (bicyclic) bond motifs is 1. The molecular formula is C22H19ClN4O2S. The minimum absolute atomic E-state index is 0.203. The van der Waals surface area contributed by atoms with Crippen LogP contribution in [0.4, 0.5) is 5.69 Å². The van der Waals surface area contributed by atoms with E-state index in [4.69, 9.17) is 11.6 Å². The summed E-state index contributed by atoms with van der Waals surface area (Å²) >= 11 is 7.36. The molecule has 0 atom stereocenters. The maximum absolute atomic E-state index is 12.8. The third-order valence-electron chi connectivity index (χ3n) is 4.69. The number of amides is 2. The molecule has 2 heterocycles. The molecule has 152 valence electrons. The number of thiophene rings is 1. The van der Waals surface area contributed by atoms with Gasteiger partial charge in [-0.25, -0.2) is 0 Å². The van der Waals surface area contributed by atoms with Crippen molar-refractivity contribution >= 4 is 50.7 Å². The van der Waals surface area contributed by atoms with Crippen LogP contribution in [-0.2, 0) is 6.54 Å². The van der Waals surface area contributed by atoms with Crippen molar-refractivity contribution in [1.29, 1.82) is 0 Å². The zero-order valence-corrected chi connectivity index (χ0v) is 18.0. The van der Waals surface area contributed by atoms with E-state index in [0.29, 0.717) is 27.7 Å². The molecule has 2 N–H and O–H groups in total. The zero-order valence-electron chi connectivity index (χ0n) is 16.4. The molecule has 2 amide bonds. The predicted molar refractivity (Wildman–Crippen MR) is 121 cm³/mol. The van der Waals surface area contributed by atoms with Gasteiger partial charge in [0.05, 0.1) is 17.1 Å². The zero-order chi connectivity index (χ0) is 21.3. The average Bonchev–Trinajstić information content (AvgIpc) is 3.31. The summed E-state index contributed by atoms with van der Waals surface area (Å²) in [7, 11) is 1.57. The number of nitrogens with one attached hydrogen (secondary N) is 2. The highest BCUT2D eigenvalue weighted by Crippen LogP contribution is 2.29. The number of carbonyl (C=O) groups excluding carboxylic acids is 2. The fraction of sp³-hybridized carbons (Fsp3) is 0.136. The molecule has 0 saturated carbocycles. The number of halogens is 1. The van der Waals surface area contributed by atoms with E-state index < -0.39 is 0 Å². The lowest BCUT2D eigenvalue weighted by Crippen LogP contribution is -2.18. The molecule has 0 unspecified atom stereocenters. The van der Waals surface area contributed by atoms with Crippen molar-refractivity contribution in [3.05, 3.63) is 81.3 Å². The van der Waals surface area contributed by atoms with Gasteiger partial charge in [-0.3, -0.25) is 14.3 Å². The second-order valence-electron chi connectivity index (χ2n) is 6.81. The molecule has 0 spiro atoms. The summed E-state index contributed by atoms with van der Waals surface area (Å²) in [5.41, 5.74) is 3.00. The summed E-state index contributed by atoms with van der Waals surface area (Å²) in [6.07, 6.45) is 0. The van der Waals surface area contributed by atoms with E-state index in [1.54, 1.807) is 31.3 Å². The van der Waals surface area contributed by atoms with Crippen molar-refractivity contribution in [2.45, 2.75) is 13.5 Å². The molecular weight excluding hydrogens is 420 g/mol. The van der Waals surface area contributed by atoms with Crippen LogP contribution in [0.3, 0.4) is 0 Å². The highest BCUT2D eigenvalue weighted by molar-refractivity contribution is 7.20. The molecule has 0 bridgehead atoms. The van der Waals surface area contributed by atoms with Gasteiger partial charge < -0.3 is 10.6 Å². The Kier molecular flexibility index (Phi) is 5.57. The highest BCUT2D eigenvalue weighted by Gasteiger charge is 2.17. The van der Waals surface area contributed by atoms with E-state index in [1.165, 1.54) is 11.3 Å². The molecule has 0 radical (unpaired) electrons. The molecule has 4 aromatic rings. The van der Waals surface area contributed by atoms with Gasteiger partial charge in [-0.05, 0) is 48.9 Å². The first-order valence-electron chi connectivity index (χ1n) is 9.29. The number of aromatic nitrogens is 2. The minimum Gasteiger partial charge on any atom is -0.355 e. The SMILES string of the molecule is CNC(=O)c1cccc(NC(=O)c2cc3c(C)nn(Cc4ccc(Cl)cc4)c3s2)c1. The maximum Gasteiger partial charge on any atom is 0.265 e. The molecule has 4 rings (SSSR count). The van der Waals surface area contributed by atoms with Gasteiger partial charge in [-0.15, -0.1) is 11.3 Å². The number of carbonyl (C=O) groups is 2. The van der Waals surface area contributed by atoms with Crippen LogP contribution in [0.15, 0.2) is 54.6 Å². The Morgan fingerprint density at radius 2 is 1.87 bits per heavy atom. The second-order valence-corrected chi connectivity index (χ2v) is 8.28. The van der Waals surface area contributed by atoms with Gasteiger partial charge in [-0.1, -0.05) is 29.8 Å². The highest BCUT2D eigenvalue weighted by atomic mass is 35.5. The van der Waals surface area contributed by atoms with E-state index in [1.807, 2.05) is 41.9 Å². The summed E-state index contributed by atoms with van der Waals surface area (Å²) in [4.78, 5) is 26.1. The third kappa shape index (κ3) is 4.08. The molecule has 0 aliphatic heterocycles. The first kappa shape index (κ1) is 20.1. The van der Waals surface area contributed by atoms with Crippen LogP contribution in [0.5, 0.6) is 0 Å². The van der Waals surface area contributed by atoms with Crippen LogP contribution < -0.4 is 10.6 Å². The lowest BCUT2D eigenvalue weighted by molar-refractivity contribution is 0.0961. The Hall–Kier alpha value is -3.16. The Morgan fingerprint density at radius 3 is 2.60 bits per heavy atom. The van der Waals surface area contributed by atoms with Gasteiger partial charge in [0.25, 0.3) is 11.8 Å². The number of nitrogens with zero attached hydrogens (tertiary/aromatic N) is 2. The third-order valence-corrected chi connectivity index (χ3v) is 6.09. The van der Waals surface area contributed by atoms with Gasteiger partial charge in [0, 0.05) is 28.7 Å². The molecule has 0 saturated heterocycles. The molecule has 2 aromatic heterocycles. The number of hydrogen-bond acceptors (Lipinski definition) is 4. The normalized spacial score (nSPS) is 10.9. The Labute approximate surface area is 182 Å². The average molecular weight is 439 g/mol. The summed E-state index contributed by atoms with van der Waals surface area (Å²) in [5.74, 6) is -0.423. The van der Waals surface area contributed by atoms with Crippen molar-refractivity contribution in [3.8, 4) is 0 Å².